The highest BCUT2D eigenvalue weighted by molar-refractivity contribution is 7.91. The van der Waals surface area contributed by atoms with E-state index in [1.54, 1.807) is 11.1 Å². The predicted molar refractivity (Wildman–Crippen MR) is 98.6 cm³/mol. The number of anilines is 1. The molecule has 0 aliphatic carbocycles. The maximum Gasteiger partial charge on any atom is 0.255 e. The third-order valence-electron chi connectivity index (χ3n) is 5.38. The molecule has 0 N–H and O–H groups in total. The third kappa shape index (κ3) is 4.51. The van der Waals surface area contributed by atoms with E-state index in [9.17, 15) is 13.2 Å². The monoisotopic (exact) mass is 365 g/mol. The molecule has 138 valence electrons. The zero-order chi connectivity index (χ0) is 17.9. The molecule has 1 aromatic heterocycles. The van der Waals surface area contributed by atoms with Gasteiger partial charge in [-0.05, 0) is 37.3 Å². The number of hydrogen-bond acceptors (Lipinski definition) is 5. The van der Waals surface area contributed by atoms with Crippen LogP contribution < -0.4 is 4.90 Å². The van der Waals surface area contributed by atoms with Crippen molar-refractivity contribution in [3.8, 4) is 0 Å². The summed E-state index contributed by atoms with van der Waals surface area (Å²) in [7, 11) is -2.98. The SMILES string of the molecule is CCC1CCCN(c2ccc(C(=O)N3CCS(=O)(=O)CC3)cn2)CC1. The standard InChI is InChI=1S/C18H27N3O3S/c1-2-15-4-3-8-20(9-7-15)17-6-5-16(14-19-17)18(22)21-10-12-25(23,24)13-11-21/h5-6,14-15H,2-4,7-13H2,1H3. The van der Waals surface area contributed by atoms with Crippen molar-refractivity contribution in [1.29, 1.82) is 0 Å². The van der Waals surface area contributed by atoms with Crippen molar-refractivity contribution < 1.29 is 13.2 Å². The maximum atomic E-state index is 12.5. The molecular formula is C18H27N3O3S. The second-order valence-corrected chi connectivity index (χ2v) is 9.34. The first-order valence-corrected chi connectivity index (χ1v) is 11.0. The Morgan fingerprint density at radius 1 is 1.16 bits per heavy atom. The van der Waals surface area contributed by atoms with Crippen LogP contribution in [-0.4, -0.2) is 61.9 Å². The Bertz CT molecular complexity index is 689. The second-order valence-electron chi connectivity index (χ2n) is 7.04. The summed E-state index contributed by atoms with van der Waals surface area (Å²) in [6.07, 6.45) is 6.52. The second kappa shape index (κ2) is 7.72. The van der Waals surface area contributed by atoms with Crippen molar-refractivity contribution in [2.75, 3.05) is 42.6 Å². The minimum atomic E-state index is -2.98. The normalized spacial score (nSPS) is 24.0. The molecule has 3 heterocycles. The summed E-state index contributed by atoms with van der Waals surface area (Å²) >= 11 is 0. The van der Waals surface area contributed by atoms with E-state index in [4.69, 9.17) is 0 Å². The van der Waals surface area contributed by atoms with Crippen LogP contribution in [0.5, 0.6) is 0 Å². The maximum absolute atomic E-state index is 12.5. The first kappa shape index (κ1) is 18.2. The number of pyridine rings is 1. The van der Waals surface area contributed by atoms with Gasteiger partial charge in [0.2, 0.25) is 0 Å². The van der Waals surface area contributed by atoms with Crippen LogP contribution in [0.2, 0.25) is 0 Å². The van der Waals surface area contributed by atoms with E-state index in [0.717, 1.165) is 24.8 Å². The number of hydrogen-bond donors (Lipinski definition) is 0. The summed E-state index contributed by atoms with van der Waals surface area (Å²) in [4.78, 5) is 20.9. The van der Waals surface area contributed by atoms with Crippen LogP contribution in [0, 0.1) is 5.92 Å². The lowest BCUT2D eigenvalue weighted by Crippen LogP contribution is -2.43. The Balaban J connectivity index is 1.63. The quantitative estimate of drug-likeness (QED) is 0.819. The number of carbonyl (C=O) groups is 1. The molecule has 0 aromatic carbocycles. The lowest BCUT2D eigenvalue weighted by molar-refractivity contribution is 0.0770. The molecule has 0 spiro atoms. The van der Waals surface area contributed by atoms with E-state index in [-0.39, 0.29) is 30.5 Å². The van der Waals surface area contributed by atoms with Crippen molar-refractivity contribution in [2.24, 2.45) is 5.92 Å². The first-order chi connectivity index (χ1) is 12.0. The van der Waals surface area contributed by atoms with Gasteiger partial charge in [-0.15, -0.1) is 0 Å². The lowest BCUT2D eigenvalue weighted by atomic mass is 9.98. The Labute approximate surface area is 150 Å². The molecule has 0 saturated carbocycles. The molecule has 2 fully saturated rings. The van der Waals surface area contributed by atoms with Crippen molar-refractivity contribution in [1.82, 2.24) is 9.88 Å². The molecule has 7 heteroatoms. The summed E-state index contributed by atoms with van der Waals surface area (Å²) in [6, 6.07) is 3.73. The molecule has 2 saturated heterocycles. The molecule has 1 amide bonds. The highest BCUT2D eigenvalue weighted by Gasteiger charge is 2.26. The number of nitrogens with zero attached hydrogens (tertiary/aromatic N) is 3. The molecule has 2 aliphatic heterocycles. The van der Waals surface area contributed by atoms with Gasteiger partial charge in [0.05, 0.1) is 17.1 Å². The van der Waals surface area contributed by atoms with Gasteiger partial charge in [0, 0.05) is 32.4 Å². The van der Waals surface area contributed by atoms with E-state index in [1.807, 2.05) is 12.1 Å². The summed E-state index contributed by atoms with van der Waals surface area (Å²) in [5, 5.41) is 0. The molecule has 1 atom stereocenters. The number of aromatic nitrogens is 1. The van der Waals surface area contributed by atoms with E-state index < -0.39 is 9.84 Å². The van der Waals surface area contributed by atoms with Crippen LogP contribution in [-0.2, 0) is 9.84 Å². The van der Waals surface area contributed by atoms with Gasteiger partial charge in [-0.25, -0.2) is 13.4 Å². The van der Waals surface area contributed by atoms with Crippen LogP contribution in [0.1, 0.15) is 43.0 Å². The van der Waals surface area contributed by atoms with E-state index in [2.05, 4.69) is 16.8 Å². The summed E-state index contributed by atoms with van der Waals surface area (Å²) in [5.74, 6) is 1.71. The minimum Gasteiger partial charge on any atom is -0.357 e. The van der Waals surface area contributed by atoms with Crippen molar-refractivity contribution in [2.45, 2.75) is 32.6 Å². The Morgan fingerprint density at radius 3 is 2.56 bits per heavy atom. The minimum absolute atomic E-state index is 0.0522. The van der Waals surface area contributed by atoms with E-state index >= 15 is 0 Å². The van der Waals surface area contributed by atoms with Crippen LogP contribution in [0.3, 0.4) is 0 Å². The Hall–Kier alpha value is -1.63. The van der Waals surface area contributed by atoms with E-state index in [1.165, 1.54) is 25.7 Å². The predicted octanol–water partition coefficient (Wildman–Crippen LogP) is 1.97. The fourth-order valence-corrected chi connectivity index (χ4v) is 4.80. The van der Waals surface area contributed by atoms with Gasteiger partial charge in [-0.2, -0.15) is 0 Å². The van der Waals surface area contributed by atoms with Crippen LogP contribution in [0.4, 0.5) is 5.82 Å². The highest BCUT2D eigenvalue weighted by Crippen LogP contribution is 2.23. The molecule has 25 heavy (non-hydrogen) atoms. The van der Waals surface area contributed by atoms with E-state index in [0.29, 0.717) is 5.56 Å². The number of amides is 1. The van der Waals surface area contributed by atoms with Gasteiger partial charge in [0.1, 0.15) is 5.82 Å². The smallest absolute Gasteiger partial charge is 0.255 e. The summed E-state index contributed by atoms with van der Waals surface area (Å²) in [5.41, 5.74) is 0.532. The highest BCUT2D eigenvalue weighted by atomic mass is 32.2. The molecule has 3 rings (SSSR count). The topological polar surface area (TPSA) is 70.6 Å². The Kier molecular flexibility index (Phi) is 5.61. The van der Waals surface area contributed by atoms with Crippen LogP contribution in [0.25, 0.3) is 0 Å². The van der Waals surface area contributed by atoms with Crippen molar-refractivity contribution >= 4 is 21.6 Å². The van der Waals surface area contributed by atoms with Gasteiger partial charge in [-0.1, -0.05) is 13.3 Å². The molecule has 1 aromatic rings. The molecule has 2 aliphatic rings. The molecule has 0 radical (unpaired) electrons. The molecule has 6 nitrogen and oxygen atoms in total. The summed E-state index contributed by atoms with van der Waals surface area (Å²) in [6.45, 7) is 4.83. The van der Waals surface area contributed by atoms with Crippen LogP contribution in [0.15, 0.2) is 18.3 Å². The van der Waals surface area contributed by atoms with Crippen molar-refractivity contribution in [3.63, 3.8) is 0 Å². The number of rotatable bonds is 3. The molecular weight excluding hydrogens is 338 g/mol. The fraction of sp³-hybridized carbons (Fsp3) is 0.667. The molecule has 1 unspecified atom stereocenters. The van der Waals surface area contributed by atoms with Gasteiger partial charge in [-0.3, -0.25) is 4.79 Å². The van der Waals surface area contributed by atoms with Crippen molar-refractivity contribution in [3.05, 3.63) is 23.9 Å². The van der Waals surface area contributed by atoms with Gasteiger partial charge in [0.25, 0.3) is 5.91 Å². The molecule has 0 bridgehead atoms. The van der Waals surface area contributed by atoms with Gasteiger partial charge < -0.3 is 9.80 Å². The van der Waals surface area contributed by atoms with Gasteiger partial charge >= 0.3 is 0 Å². The average molecular weight is 365 g/mol. The fourth-order valence-electron chi connectivity index (χ4n) is 3.60. The third-order valence-corrected chi connectivity index (χ3v) is 6.98. The summed E-state index contributed by atoms with van der Waals surface area (Å²) < 4.78 is 23.0. The first-order valence-electron chi connectivity index (χ1n) is 9.19. The van der Waals surface area contributed by atoms with Crippen LogP contribution >= 0.6 is 0 Å². The largest absolute Gasteiger partial charge is 0.357 e. The number of carbonyl (C=O) groups excluding carboxylic acids is 1. The average Bonchev–Trinajstić information content (AvgIpc) is 2.87. The Morgan fingerprint density at radius 2 is 1.92 bits per heavy atom. The van der Waals surface area contributed by atoms with Gasteiger partial charge in [0.15, 0.2) is 9.84 Å². The zero-order valence-corrected chi connectivity index (χ0v) is 15.7. The zero-order valence-electron chi connectivity index (χ0n) is 14.9. The number of sulfone groups is 1. The lowest BCUT2D eigenvalue weighted by Gasteiger charge is -2.27.